The molecule has 25 heavy (non-hydrogen) atoms. The molecule has 3 aromatic carbocycles. The number of ether oxygens (including phenoxy) is 2. The van der Waals surface area contributed by atoms with Crippen LogP contribution in [-0.4, -0.2) is 12.6 Å². The SMILES string of the molecule is C=C(C)C(=O)Oc1ccc2c(OCCc3ccccc3)cccc2c1. The van der Waals surface area contributed by atoms with Crippen LogP contribution in [0.2, 0.25) is 0 Å². The molecule has 0 spiro atoms. The first-order valence-corrected chi connectivity index (χ1v) is 8.21. The molecule has 0 aliphatic rings. The predicted molar refractivity (Wildman–Crippen MR) is 100 cm³/mol. The molecule has 0 aliphatic carbocycles. The van der Waals surface area contributed by atoms with Crippen LogP contribution in [0.1, 0.15) is 12.5 Å². The molecule has 0 atom stereocenters. The van der Waals surface area contributed by atoms with Crippen molar-refractivity contribution in [3.63, 3.8) is 0 Å². The highest BCUT2D eigenvalue weighted by atomic mass is 16.5. The highest BCUT2D eigenvalue weighted by Gasteiger charge is 2.08. The number of rotatable bonds is 6. The highest BCUT2D eigenvalue weighted by Crippen LogP contribution is 2.29. The summed E-state index contributed by atoms with van der Waals surface area (Å²) < 4.78 is 11.2. The van der Waals surface area contributed by atoms with E-state index in [2.05, 4.69) is 18.7 Å². The maximum absolute atomic E-state index is 11.6. The Morgan fingerprint density at radius 2 is 1.80 bits per heavy atom. The van der Waals surface area contributed by atoms with E-state index in [-0.39, 0.29) is 0 Å². The summed E-state index contributed by atoms with van der Waals surface area (Å²) in [5.41, 5.74) is 1.62. The third kappa shape index (κ3) is 4.27. The topological polar surface area (TPSA) is 35.5 Å². The van der Waals surface area contributed by atoms with E-state index in [9.17, 15) is 4.79 Å². The Kier molecular flexibility index (Phi) is 5.14. The average molecular weight is 332 g/mol. The monoisotopic (exact) mass is 332 g/mol. The Hall–Kier alpha value is -3.07. The first-order chi connectivity index (χ1) is 12.1. The second-order valence-corrected chi connectivity index (χ2v) is 5.89. The van der Waals surface area contributed by atoms with Crippen molar-refractivity contribution < 1.29 is 14.3 Å². The first kappa shape index (κ1) is 16.8. The Morgan fingerprint density at radius 3 is 2.56 bits per heavy atom. The molecule has 0 unspecified atom stereocenters. The molecule has 0 aromatic heterocycles. The maximum atomic E-state index is 11.6. The van der Waals surface area contributed by atoms with Gasteiger partial charge >= 0.3 is 5.97 Å². The summed E-state index contributed by atoms with van der Waals surface area (Å²) in [7, 11) is 0. The lowest BCUT2D eigenvalue weighted by atomic mass is 10.1. The van der Waals surface area contributed by atoms with Crippen LogP contribution in [0.3, 0.4) is 0 Å². The molecule has 0 N–H and O–H groups in total. The summed E-state index contributed by atoms with van der Waals surface area (Å²) in [4.78, 5) is 11.6. The second-order valence-electron chi connectivity index (χ2n) is 5.89. The van der Waals surface area contributed by atoms with E-state index in [1.165, 1.54) is 5.56 Å². The van der Waals surface area contributed by atoms with Gasteiger partial charge in [-0.25, -0.2) is 4.79 Å². The summed E-state index contributed by atoms with van der Waals surface area (Å²) in [5, 5.41) is 1.95. The fourth-order valence-corrected chi connectivity index (χ4v) is 2.54. The summed E-state index contributed by atoms with van der Waals surface area (Å²) in [6.45, 7) is 5.83. The van der Waals surface area contributed by atoms with Crippen molar-refractivity contribution in [2.75, 3.05) is 6.61 Å². The van der Waals surface area contributed by atoms with Crippen molar-refractivity contribution >= 4 is 16.7 Å². The number of benzene rings is 3. The summed E-state index contributed by atoms with van der Waals surface area (Å²) in [6.07, 6.45) is 0.853. The predicted octanol–water partition coefficient (Wildman–Crippen LogP) is 4.94. The van der Waals surface area contributed by atoms with Crippen molar-refractivity contribution in [1.29, 1.82) is 0 Å². The van der Waals surface area contributed by atoms with Crippen LogP contribution in [0.25, 0.3) is 10.8 Å². The summed E-state index contributed by atoms with van der Waals surface area (Å²) >= 11 is 0. The highest BCUT2D eigenvalue weighted by molar-refractivity contribution is 5.92. The van der Waals surface area contributed by atoms with E-state index >= 15 is 0 Å². The summed E-state index contributed by atoms with van der Waals surface area (Å²) in [5.74, 6) is 0.905. The molecule has 3 nitrogen and oxygen atoms in total. The zero-order chi connectivity index (χ0) is 17.6. The number of carbonyl (C=O) groups excluding carboxylic acids is 1. The van der Waals surface area contributed by atoms with Gasteiger partial charge in [0.25, 0.3) is 0 Å². The van der Waals surface area contributed by atoms with Crippen LogP contribution in [0.5, 0.6) is 11.5 Å². The van der Waals surface area contributed by atoms with Crippen LogP contribution in [0.15, 0.2) is 78.9 Å². The van der Waals surface area contributed by atoms with Gasteiger partial charge in [0, 0.05) is 17.4 Å². The van der Waals surface area contributed by atoms with Gasteiger partial charge in [-0.3, -0.25) is 0 Å². The van der Waals surface area contributed by atoms with E-state index in [1.54, 1.807) is 13.0 Å². The van der Waals surface area contributed by atoms with E-state index in [4.69, 9.17) is 9.47 Å². The summed E-state index contributed by atoms with van der Waals surface area (Å²) in [6, 6.07) is 21.6. The molecule has 0 saturated heterocycles. The molecule has 0 heterocycles. The number of hydrogen-bond donors (Lipinski definition) is 0. The Bertz CT molecular complexity index is 898. The van der Waals surface area contributed by atoms with E-state index in [1.807, 2.05) is 48.5 Å². The van der Waals surface area contributed by atoms with Gasteiger partial charge in [-0.1, -0.05) is 49.0 Å². The zero-order valence-electron chi connectivity index (χ0n) is 14.2. The van der Waals surface area contributed by atoms with E-state index in [0.29, 0.717) is 17.9 Å². The minimum Gasteiger partial charge on any atom is -0.493 e. The molecule has 0 aliphatic heterocycles. The number of carbonyl (C=O) groups is 1. The molecule has 0 bridgehead atoms. The average Bonchev–Trinajstić information content (AvgIpc) is 2.62. The maximum Gasteiger partial charge on any atom is 0.338 e. The molecule has 3 rings (SSSR count). The fourth-order valence-electron chi connectivity index (χ4n) is 2.54. The smallest absolute Gasteiger partial charge is 0.338 e. The molecular formula is C22H20O3. The minimum absolute atomic E-state index is 0.373. The largest absolute Gasteiger partial charge is 0.493 e. The lowest BCUT2D eigenvalue weighted by Crippen LogP contribution is -2.08. The number of fused-ring (bicyclic) bond motifs is 1. The Labute approximate surface area is 147 Å². The van der Waals surface area contributed by atoms with Crippen LogP contribution in [0.4, 0.5) is 0 Å². The fraction of sp³-hybridized carbons (Fsp3) is 0.136. The van der Waals surface area contributed by atoms with Gasteiger partial charge in [0.1, 0.15) is 11.5 Å². The van der Waals surface area contributed by atoms with Crippen molar-refractivity contribution in [1.82, 2.24) is 0 Å². The Morgan fingerprint density at radius 1 is 1.00 bits per heavy atom. The van der Waals surface area contributed by atoms with Gasteiger partial charge in [0.05, 0.1) is 6.61 Å². The zero-order valence-corrected chi connectivity index (χ0v) is 14.2. The third-order valence-corrected chi connectivity index (χ3v) is 3.86. The number of hydrogen-bond acceptors (Lipinski definition) is 3. The third-order valence-electron chi connectivity index (χ3n) is 3.86. The lowest BCUT2D eigenvalue weighted by Gasteiger charge is -2.11. The Balaban J connectivity index is 1.73. The first-order valence-electron chi connectivity index (χ1n) is 8.21. The second kappa shape index (κ2) is 7.67. The van der Waals surface area contributed by atoms with E-state index in [0.717, 1.165) is 22.9 Å². The lowest BCUT2D eigenvalue weighted by molar-refractivity contribution is -0.130. The number of esters is 1. The van der Waals surface area contributed by atoms with Gasteiger partial charge in [-0.15, -0.1) is 0 Å². The standard InChI is InChI=1S/C22H20O3/c1-16(2)22(23)25-19-11-12-20-18(15-19)9-6-10-21(20)24-14-13-17-7-4-3-5-8-17/h3-12,15H,1,13-14H2,2H3. The van der Waals surface area contributed by atoms with Crippen LogP contribution < -0.4 is 9.47 Å². The van der Waals surface area contributed by atoms with Gasteiger partial charge in [0.2, 0.25) is 0 Å². The minimum atomic E-state index is -0.422. The van der Waals surface area contributed by atoms with Crippen molar-refractivity contribution in [2.24, 2.45) is 0 Å². The van der Waals surface area contributed by atoms with E-state index < -0.39 is 5.97 Å². The molecule has 0 saturated carbocycles. The molecule has 3 heteroatoms. The van der Waals surface area contributed by atoms with Crippen molar-refractivity contribution in [3.8, 4) is 11.5 Å². The normalized spacial score (nSPS) is 10.4. The van der Waals surface area contributed by atoms with Gasteiger partial charge in [-0.05, 0) is 42.1 Å². The van der Waals surface area contributed by atoms with Crippen LogP contribution in [-0.2, 0) is 11.2 Å². The molecule has 0 fully saturated rings. The quantitative estimate of drug-likeness (QED) is 0.364. The van der Waals surface area contributed by atoms with Gasteiger partial charge in [-0.2, -0.15) is 0 Å². The van der Waals surface area contributed by atoms with Crippen LogP contribution in [0, 0.1) is 0 Å². The van der Waals surface area contributed by atoms with Crippen molar-refractivity contribution in [3.05, 3.63) is 84.4 Å². The van der Waals surface area contributed by atoms with Gasteiger partial charge < -0.3 is 9.47 Å². The molecular weight excluding hydrogens is 312 g/mol. The van der Waals surface area contributed by atoms with Gasteiger partial charge in [0.15, 0.2) is 0 Å². The molecule has 3 aromatic rings. The molecule has 0 radical (unpaired) electrons. The van der Waals surface area contributed by atoms with Crippen LogP contribution >= 0.6 is 0 Å². The molecule has 0 amide bonds. The van der Waals surface area contributed by atoms with Crippen molar-refractivity contribution in [2.45, 2.75) is 13.3 Å². The molecule has 126 valence electrons.